The molecule has 4 nitrogen and oxygen atoms in total. The maximum absolute atomic E-state index is 10.4. The van der Waals surface area contributed by atoms with E-state index in [2.05, 4.69) is 0 Å². The smallest absolute Gasteiger partial charge is 0.229 e. The third-order valence-electron chi connectivity index (χ3n) is 2.09. The molecule has 2 N–H and O–H groups in total. The molecule has 0 fully saturated rings. The maximum Gasteiger partial charge on any atom is 0.229 e. The maximum atomic E-state index is 10.4. The standard InChI is InChI=1S/C10H14N2O2/c1-7(2)10-4-3-9(11)5-8(10)6-12(13)14/h3-5,7H,6,11H2,1-2H3. The van der Waals surface area contributed by atoms with Gasteiger partial charge in [0.05, 0.1) is 0 Å². The Balaban J connectivity index is 3.09. The monoisotopic (exact) mass is 194 g/mol. The molecule has 0 amide bonds. The van der Waals surface area contributed by atoms with Crippen LogP contribution in [0.2, 0.25) is 0 Å². The van der Waals surface area contributed by atoms with E-state index in [1.54, 1.807) is 12.1 Å². The summed E-state index contributed by atoms with van der Waals surface area (Å²) in [7, 11) is 0. The molecule has 0 unspecified atom stereocenters. The molecular weight excluding hydrogens is 180 g/mol. The van der Waals surface area contributed by atoms with Crippen LogP contribution in [-0.4, -0.2) is 4.92 Å². The molecule has 0 aromatic heterocycles. The second-order valence-electron chi connectivity index (χ2n) is 3.60. The molecule has 1 aromatic rings. The lowest BCUT2D eigenvalue weighted by Gasteiger charge is -2.10. The van der Waals surface area contributed by atoms with Crippen molar-refractivity contribution in [3.8, 4) is 0 Å². The highest BCUT2D eigenvalue weighted by molar-refractivity contribution is 5.45. The first-order valence-electron chi connectivity index (χ1n) is 4.51. The van der Waals surface area contributed by atoms with Crippen molar-refractivity contribution in [2.24, 2.45) is 0 Å². The number of nitrogens with two attached hydrogens (primary N) is 1. The van der Waals surface area contributed by atoms with Crippen molar-refractivity contribution >= 4 is 5.69 Å². The van der Waals surface area contributed by atoms with Crippen LogP contribution in [0.5, 0.6) is 0 Å². The van der Waals surface area contributed by atoms with E-state index in [1.165, 1.54) is 0 Å². The van der Waals surface area contributed by atoms with E-state index < -0.39 is 0 Å². The third-order valence-corrected chi connectivity index (χ3v) is 2.09. The fourth-order valence-corrected chi connectivity index (χ4v) is 1.46. The molecular formula is C10H14N2O2. The van der Waals surface area contributed by atoms with Crippen molar-refractivity contribution in [3.63, 3.8) is 0 Å². The van der Waals surface area contributed by atoms with E-state index in [4.69, 9.17) is 5.73 Å². The molecule has 1 rings (SSSR count). The Hall–Kier alpha value is -1.58. The molecule has 0 aliphatic heterocycles. The van der Waals surface area contributed by atoms with Crippen LogP contribution in [0.4, 0.5) is 5.69 Å². The minimum atomic E-state index is -0.333. The van der Waals surface area contributed by atoms with Gasteiger partial charge in [-0.25, -0.2) is 0 Å². The van der Waals surface area contributed by atoms with Crippen LogP contribution in [-0.2, 0) is 6.54 Å². The van der Waals surface area contributed by atoms with Gasteiger partial charge in [-0.05, 0) is 23.6 Å². The fraction of sp³-hybridized carbons (Fsp3) is 0.400. The summed E-state index contributed by atoms with van der Waals surface area (Å²) in [6.45, 7) is 3.86. The summed E-state index contributed by atoms with van der Waals surface area (Å²) < 4.78 is 0. The highest BCUT2D eigenvalue weighted by Crippen LogP contribution is 2.22. The number of hydrogen-bond donors (Lipinski definition) is 1. The molecule has 0 aliphatic carbocycles. The summed E-state index contributed by atoms with van der Waals surface area (Å²) in [5, 5.41) is 10.4. The second kappa shape index (κ2) is 4.09. The van der Waals surface area contributed by atoms with Crippen LogP contribution in [0.3, 0.4) is 0 Å². The van der Waals surface area contributed by atoms with Crippen LogP contribution in [0.15, 0.2) is 18.2 Å². The molecule has 76 valence electrons. The van der Waals surface area contributed by atoms with Crippen molar-refractivity contribution in [3.05, 3.63) is 39.4 Å². The minimum Gasteiger partial charge on any atom is -0.399 e. The number of nitrogens with zero attached hydrogens (tertiary/aromatic N) is 1. The summed E-state index contributed by atoms with van der Waals surface area (Å²) in [4.78, 5) is 10.1. The van der Waals surface area contributed by atoms with Gasteiger partial charge in [-0.1, -0.05) is 19.9 Å². The first-order valence-corrected chi connectivity index (χ1v) is 4.51. The number of anilines is 1. The highest BCUT2D eigenvalue weighted by Gasteiger charge is 2.11. The van der Waals surface area contributed by atoms with Gasteiger partial charge in [0.25, 0.3) is 0 Å². The molecule has 0 saturated heterocycles. The van der Waals surface area contributed by atoms with E-state index in [0.29, 0.717) is 11.3 Å². The number of nitrogen functional groups attached to an aromatic ring is 1. The van der Waals surface area contributed by atoms with Gasteiger partial charge in [-0.2, -0.15) is 0 Å². The van der Waals surface area contributed by atoms with Crippen molar-refractivity contribution in [2.45, 2.75) is 26.3 Å². The van der Waals surface area contributed by atoms with Crippen LogP contribution < -0.4 is 5.73 Å². The normalized spacial score (nSPS) is 10.5. The van der Waals surface area contributed by atoms with E-state index in [0.717, 1.165) is 5.56 Å². The Bertz CT molecular complexity index is 348. The number of nitro groups is 1. The van der Waals surface area contributed by atoms with Crippen LogP contribution in [0.1, 0.15) is 30.9 Å². The SMILES string of the molecule is CC(C)c1ccc(N)cc1C[N+](=O)[O-]. The predicted octanol–water partition coefficient (Wildman–Crippen LogP) is 2.17. The lowest BCUT2D eigenvalue weighted by molar-refractivity contribution is -0.496. The van der Waals surface area contributed by atoms with Crippen LogP contribution in [0.25, 0.3) is 0 Å². The topological polar surface area (TPSA) is 69.2 Å². The molecule has 0 radical (unpaired) electrons. The lowest BCUT2D eigenvalue weighted by atomic mass is 9.97. The van der Waals surface area contributed by atoms with Gasteiger partial charge in [0.2, 0.25) is 6.54 Å². The Morgan fingerprint density at radius 2 is 2.14 bits per heavy atom. The molecule has 0 aliphatic rings. The molecule has 1 aromatic carbocycles. The molecule has 14 heavy (non-hydrogen) atoms. The Morgan fingerprint density at radius 1 is 1.50 bits per heavy atom. The fourth-order valence-electron chi connectivity index (χ4n) is 1.46. The number of rotatable bonds is 3. The average Bonchev–Trinajstić information content (AvgIpc) is 2.01. The zero-order valence-corrected chi connectivity index (χ0v) is 8.36. The Kier molecular flexibility index (Phi) is 3.06. The van der Waals surface area contributed by atoms with Gasteiger partial charge in [-0.15, -0.1) is 0 Å². The van der Waals surface area contributed by atoms with E-state index in [-0.39, 0.29) is 17.4 Å². The Labute approximate surface area is 82.9 Å². The van der Waals surface area contributed by atoms with E-state index in [1.807, 2.05) is 19.9 Å². The second-order valence-corrected chi connectivity index (χ2v) is 3.60. The molecule has 0 heterocycles. The summed E-state index contributed by atoms with van der Waals surface area (Å²) in [5.41, 5.74) is 7.87. The first kappa shape index (κ1) is 10.5. The Morgan fingerprint density at radius 3 is 2.64 bits per heavy atom. The first-order chi connectivity index (χ1) is 6.50. The predicted molar refractivity (Wildman–Crippen MR) is 55.6 cm³/mol. The molecule has 0 spiro atoms. The summed E-state index contributed by atoms with van der Waals surface area (Å²) in [6, 6.07) is 5.32. The van der Waals surface area contributed by atoms with Crippen LogP contribution >= 0.6 is 0 Å². The quantitative estimate of drug-likeness (QED) is 0.455. The molecule has 0 saturated carbocycles. The van der Waals surface area contributed by atoms with Gasteiger partial charge in [0, 0.05) is 16.2 Å². The van der Waals surface area contributed by atoms with Gasteiger partial charge < -0.3 is 5.73 Å². The average molecular weight is 194 g/mol. The zero-order chi connectivity index (χ0) is 10.7. The van der Waals surface area contributed by atoms with Crippen molar-refractivity contribution in [1.29, 1.82) is 0 Å². The van der Waals surface area contributed by atoms with Crippen molar-refractivity contribution < 1.29 is 4.92 Å². The number of hydrogen-bond acceptors (Lipinski definition) is 3. The van der Waals surface area contributed by atoms with E-state index in [9.17, 15) is 10.1 Å². The van der Waals surface area contributed by atoms with Gasteiger partial charge in [0.1, 0.15) is 0 Å². The lowest BCUT2D eigenvalue weighted by Crippen LogP contribution is -2.04. The summed E-state index contributed by atoms with van der Waals surface area (Å²) in [5.74, 6) is 0.283. The minimum absolute atomic E-state index is 0.154. The highest BCUT2D eigenvalue weighted by atomic mass is 16.6. The van der Waals surface area contributed by atoms with Crippen molar-refractivity contribution in [2.75, 3.05) is 5.73 Å². The van der Waals surface area contributed by atoms with Gasteiger partial charge in [-0.3, -0.25) is 10.1 Å². The summed E-state index contributed by atoms with van der Waals surface area (Å²) >= 11 is 0. The molecule has 0 atom stereocenters. The van der Waals surface area contributed by atoms with Crippen molar-refractivity contribution in [1.82, 2.24) is 0 Å². The van der Waals surface area contributed by atoms with Crippen LogP contribution in [0, 0.1) is 10.1 Å². The molecule has 0 bridgehead atoms. The van der Waals surface area contributed by atoms with Gasteiger partial charge >= 0.3 is 0 Å². The third kappa shape index (κ3) is 2.45. The zero-order valence-electron chi connectivity index (χ0n) is 8.36. The largest absolute Gasteiger partial charge is 0.399 e. The number of benzene rings is 1. The summed E-state index contributed by atoms with van der Waals surface area (Å²) in [6.07, 6.45) is 0. The molecule has 4 heteroatoms. The van der Waals surface area contributed by atoms with Gasteiger partial charge in [0.15, 0.2) is 0 Å². The van der Waals surface area contributed by atoms with E-state index >= 15 is 0 Å².